The van der Waals surface area contributed by atoms with Gasteiger partial charge < -0.3 is 10.4 Å². The van der Waals surface area contributed by atoms with Crippen LogP contribution >= 0.6 is 0 Å². The molecule has 0 spiro atoms. The number of anilines is 2. The second kappa shape index (κ2) is 12.2. The molecule has 2 amide bonds. The van der Waals surface area contributed by atoms with E-state index >= 15 is 0 Å². The fraction of sp³-hybridized carbons (Fsp3) is 0.0714. The second-order valence-electron chi connectivity index (χ2n) is 8.90. The SMILES string of the molecule is CS(=O)(=O)NCc1cccc(-c2cccc(S(=O)(=O)n3ccc(/C=C/C(=O)Nc4ccccc4NC(=O)O)c3)c2)c1. The number of para-hydroxylation sites is 2. The van der Waals surface area contributed by atoms with Gasteiger partial charge in [0.1, 0.15) is 0 Å². The van der Waals surface area contributed by atoms with Crippen molar-refractivity contribution in [1.82, 2.24) is 8.69 Å². The number of carbonyl (C=O) groups excluding carboxylic acids is 1. The third-order valence-corrected chi connectivity index (χ3v) is 8.05. The van der Waals surface area contributed by atoms with Gasteiger partial charge in [-0.3, -0.25) is 10.1 Å². The van der Waals surface area contributed by atoms with Crippen molar-refractivity contribution >= 4 is 49.5 Å². The largest absolute Gasteiger partial charge is 0.465 e. The topological polar surface area (TPSA) is 164 Å². The quantitative estimate of drug-likeness (QED) is 0.200. The summed E-state index contributed by atoms with van der Waals surface area (Å²) in [4.78, 5) is 23.4. The molecule has 0 saturated carbocycles. The summed E-state index contributed by atoms with van der Waals surface area (Å²) in [6, 6.07) is 21.3. The maximum Gasteiger partial charge on any atom is 0.409 e. The van der Waals surface area contributed by atoms with Crippen LogP contribution in [0.5, 0.6) is 0 Å². The number of benzene rings is 3. The molecule has 0 unspecified atom stereocenters. The predicted molar refractivity (Wildman–Crippen MR) is 156 cm³/mol. The van der Waals surface area contributed by atoms with Crippen molar-refractivity contribution < 1.29 is 31.5 Å². The van der Waals surface area contributed by atoms with Gasteiger partial charge in [-0.1, -0.05) is 42.5 Å². The molecule has 0 aliphatic rings. The minimum atomic E-state index is -3.97. The standard InChI is InChI=1S/C28H26N4O7S2/c1-40(36,37)29-18-21-6-4-7-22(16-21)23-8-5-9-24(17-23)41(38,39)32-15-14-20(19-32)12-13-27(33)30-25-10-2-3-11-26(25)31-28(34)35/h2-17,19,29,31H,18H2,1H3,(H,30,33)(H,34,35)/b13-12+. The zero-order valence-corrected chi connectivity index (χ0v) is 23.3. The first-order valence-corrected chi connectivity index (χ1v) is 15.4. The van der Waals surface area contributed by atoms with Crippen LogP contribution in [0.2, 0.25) is 0 Å². The number of rotatable bonds is 10. The molecule has 212 valence electrons. The Morgan fingerprint density at radius 3 is 2.20 bits per heavy atom. The summed E-state index contributed by atoms with van der Waals surface area (Å²) in [6.07, 6.45) is 5.17. The van der Waals surface area contributed by atoms with Crippen LogP contribution in [-0.4, -0.2) is 44.2 Å². The number of nitrogens with one attached hydrogen (secondary N) is 3. The molecule has 0 radical (unpaired) electrons. The number of hydrogen-bond acceptors (Lipinski definition) is 6. The van der Waals surface area contributed by atoms with E-state index < -0.39 is 32.0 Å². The van der Waals surface area contributed by atoms with Gasteiger partial charge in [0.25, 0.3) is 10.0 Å². The van der Waals surface area contributed by atoms with Crippen molar-refractivity contribution in [3.8, 4) is 11.1 Å². The van der Waals surface area contributed by atoms with Crippen molar-refractivity contribution in [2.24, 2.45) is 0 Å². The van der Waals surface area contributed by atoms with Crippen LogP contribution in [0.1, 0.15) is 11.1 Å². The Balaban J connectivity index is 1.49. The number of sulfonamides is 1. The Hall–Kier alpha value is -4.72. The van der Waals surface area contributed by atoms with Gasteiger partial charge in [0, 0.05) is 25.0 Å². The highest BCUT2D eigenvalue weighted by Crippen LogP contribution is 2.25. The number of hydrogen-bond donors (Lipinski definition) is 4. The van der Waals surface area contributed by atoms with E-state index in [4.69, 9.17) is 5.11 Å². The molecule has 0 aliphatic heterocycles. The molecule has 0 fully saturated rings. The minimum absolute atomic E-state index is 0.0427. The van der Waals surface area contributed by atoms with Gasteiger partial charge >= 0.3 is 6.09 Å². The van der Waals surface area contributed by atoms with Crippen LogP contribution in [0.3, 0.4) is 0 Å². The van der Waals surface area contributed by atoms with Crippen LogP contribution in [-0.2, 0) is 31.4 Å². The Morgan fingerprint density at radius 2 is 1.51 bits per heavy atom. The summed E-state index contributed by atoms with van der Waals surface area (Å²) in [6.45, 7) is 0.105. The van der Waals surface area contributed by atoms with Gasteiger partial charge in [-0.05, 0) is 64.7 Å². The van der Waals surface area contributed by atoms with E-state index in [9.17, 15) is 26.4 Å². The summed E-state index contributed by atoms with van der Waals surface area (Å²) < 4.78 is 53.0. The zero-order chi connectivity index (χ0) is 29.6. The zero-order valence-electron chi connectivity index (χ0n) is 21.7. The first kappa shape index (κ1) is 29.3. The molecule has 0 atom stereocenters. The lowest BCUT2D eigenvalue weighted by Gasteiger charge is -2.10. The number of carbonyl (C=O) groups is 2. The molecule has 4 rings (SSSR count). The summed E-state index contributed by atoms with van der Waals surface area (Å²) in [5, 5.41) is 13.7. The second-order valence-corrected chi connectivity index (χ2v) is 12.6. The molecule has 0 aliphatic carbocycles. The van der Waals surface area contributed by atoms with E-state index in [1.807, 2.05) is 0 Å². The average molecular weight is 595 g/mol. The third kappa shape index (κ3) is 7.91. The van der Waals surface area contributed by atoms with Crippen LogP contribution in [0.25, 0.3) is 17.2 Å². The Kier molecular flexibility index (Phi) is 8.71. The van der Waals surface area contributed by atoms with Crippen molar-refractivity contribution in [3.05, 3.63) is 108 Å². The summed E-state index contributed by atoms with van der Waals surface area (Å²) in [5.41, 5.74) is 2.99. The number of nitrogens with zero attached hydrogens (tertiary/aromatic N) is 1. The molecule has 0 saturated heterocycles. The fourth-order valence-corrected chi connectivity index (χ4v) is 5.52. The summed E-state index contributed by atoms with van der Waals surface area (Å²) in [7, 11) is -7.33. The van der Waals surface area contributed by atoms with E-state index in [1.165, 1.54) is 54.9 Å². The highest BCUT2D eigenvalue weighted by Gasteiger charge is 2.17. The maximum atomic E-state index is 13.3. The van der Waals surface area contributed by atoms with Crippen molar-refractivity contribution in [2.45, 2.75) is 11.4 Å². The number of aromatic nitrogens is 1. The highest BCUT2D eigenvalue weighted by atomic mass is 32.2. The van der Waals surface area contributed by atoms with Crippen LogP contribution in [0.15, 0.2) is 102 Å². The molecular formula is C28H26N4O7S2. The minimum Gasteiger partial charge on any atom is -0.465 e. The molecular weight excluding hydrogens is 568 g/mol. The van der Waals surface area contributed by atoms with Crippen LogP contribution in [0.4, 0.5) is 16.2 Å². The van der Waals surface area contributed by atoms with E-state index in [2.05, 4.69) is 15.4 Å². The molecule has 1 heterocycles. The van der Waals surface area contributed by atoms with Gasteiger partial charge in [-0.2, -0.15) is 0 Å². The number of amides is 2. The summed E-state index contributed by atoms with van der Waals surface area (Å²) >= 11 is 0. The molecule has 41 heavy (non-hydrogen) atoms. The van der Waals surface area contributed by atoms with Gasteiger partial charge in [0.2, 0.25) is 15.9 Å². The molecule has 0 bridgehead atoms. The molecule has 4 N–H and O–H groups in total. The molecule has 11 nitrogen and oxygen atoms in total. The molecule has 13 heteroatoms. The Labute approximate surface area is 237 Å². The number of carboxylic acid groups (broad SMARTS) is 1. The third-order valence-electron chi connectivity index (χ3n) is 5.75. The van der Waals surface area contributed by atoms with E-state index in [1.54, 1.807) is 48.5 Å². The van der Waals surface area contributed by atoms with E-state index in [-0.39, 0.29) is 22.8 Å². The fourth-order valence-electron chi connectivity index (χ4n) is 3.84. The molecule has 3 aromatic carbocycles. The van der Waals surface area contributed by atoms with Crippen molar-refractivity contribution in [3.63, 3.8) is 0 Å². The normalized spacial score (nSPS) is 11.8. The van der Waals surface area contributed by atoms with Crippen molar-refractivity contribution in [1.29, 1.82) is 0 Å². The van der Waals surface area contributed by atoms with E-state index in [0.717, 1.165) is 15.8 Å². The van der Waals surface area contributed by atoms with Gasteiger partial charge in [-0.15, -0.1) is 0 Å². The summed E-state index contributed by atoms with van der Waals surface area (Å²) in [5.74, 6) is -0.540. The van der Waals surface area contributed by atoms with Gasteiger partial charge in [0.15, 0.2) is 0 Å². The first-order chi connectivity index (χ1) is 19.4. The Bertz CT molecular complexity index is 1850. The predicted octanol–water partition coefficient (Wildman–Crippen LogP) is 4.18. The molecule has 1 aromatic heterocycles. The van der Waals surface area contributed by atoms with Gasteiger partial charge in [-0.25, -0.2) is 30.3 Å². The lowest BCUT2D eigenvalue weighted by molar-refractivity contribution is -0.111. The smallest absolute Gasteiger partial charge is 0.409 e. The Morgan fingerprint density at radius 1 is 0.854 bits per heavy atom. The monoisotopic (exact) mass is 594 g/mol. The maximum absolute atomic E-state index is 13.3. The van der Waals surface area contributed by atoms with Crippen molar-refractivity contribution in [2.75, 3.05) is 16.9 Å². The average Bonchev–Trinajstić information content (AvgIpc) is 3.42. The lowest BCUT2D eigenvalue weighted by atomic mass is 10.0. The van der Waals surface area contributed by atoms with Gasteiger partial charge in [0.05, 0.1) is 22.5 Å². The first-order valence-electron chi connectivity index (χ1n) is 12.1. The lowest BCUT2D eigenvalue weighted by Crippen LogP contribution is -2.21. The van der Waals surface area contributed by atoms with Crippen LogP contribution < -0.4 is 15.4 Å². The molecule has 4 aromatic rings. The van der Waals surface area contributed by atoms with E-state index in [0.29, 0.717) is 16.7 Å². The van der Waals surface area contributed by atoms with Crippen LogP contribution in [0, 0.1) is 0 Å². The highest BCUT2D eigenvalue weighted by molar-refractivity contribution is 7.90.